The topological polar surface area (TPSA) is 36.4 Å². The number of allylic oxidation sites excluding steroid dienone is 6. The van der Waals surface area contributed by atoms with Gasteiger partial charge in [0.2, 0.25) is 0 Å². The third-order valence-corrected chi connectivity index (χ3v) is 2.47. The van der Waals surface area contributed by atoms with Gasteiger partial charge in [-0.05, 0) is 37.8 Å². The monoisotopic (exact) mass is 255 g/mol. The first kappa shape index (κ1) is 14.8. The molecule has 0 saturated carbocycles. The molecule has 3 nitrogen and oxygen atoms in total. The van der Waals surface area contributed by atoms with Gasteiger partial charge in [0.15, 0.2) is 0 Å². The number of nitrogens with zero attached hydrogens (tertiary/aromatic N) is 1. The summed E-state index contributed by atoms with van der Waals surface area (Å²) in [5.74, 6) is 1.69. The second-order valence-electron chi connectivity index (χ2n) is 4.03. The van der Waals surface area contributed by atoms with Crippen molar-refractivity contribution in [3.8, 4) is 0 Å². The smallest absolute Gasteiger partial charge is 0.134 e. The van der Waals surface area contributed by atoms with E-state index in [9.17, 15) is 0 Å². The molecule has 0 aromatic heterocycles. The first-order valence-corrected chi connectivity index (χ1v) is 6.26. The number of hydrogen-bond acceptors (Lipinski definition) is 3. The lowest BCUT2D eigenvalue weighted by atomic mass is 10.2. The Morgan fingerprint density at radius 2 is 2.21 bits per heavy atom. The highest BCUT2D eigenvalue weighted by molar-refractivity contribution is 5.87. The Morgan fingerprint density at radius 3 is 2.84 bits per heavy atom. The van der Waals surface area contributed by atoms with Crippen molar-refractivity contribution in [3.63, 3.8) is 0 Å². The van der Waals surface area contributed by atoms with Crippen LogP contribution in [0.3, 0.4) is 0 Å². The van der Waals surface area contributed by atoms with E-state index in [1.165, 1.54) is 0 Å². The molecule has 3 heteroatoms. The average molecular weight is 255 g/mol. The molecule has 0 bridgehead atoms. The maximum atomic E-state index is 4.58. The highest BCUT2D eigenvalue weighted by Gasteiger charge is 2.06. The molecule has 19 heavy (non-hydrogen) atoms. The van der Waals surface area contributed by atoms with Crippen LogP contribution in [0.5, 0.6) is 0 Å². The van der Waals surface area contributed by atoms with Crippen LogP contribution in [0.1, 0.15) is 20.3 Å². The van der Waals surface area contributed by atoms with Gasteiger partial charge in [0, 0.05) is 12.1 Å². The highest BCUT2D eigenvalue weighted by Crippen LogP contribution is 2.11. The molecule has 0 saturated heterocycles. The summed E-state index contributed by atoms with van der Waals surface area (Å²) in [6.07, 6.45) is 14.1. The summed E-state index contributed by atoms with van der Waals surface area (Å²) >= 11 is 0. The van der Waals surface area contributed by atoms with Crippen molar-refractivity contribution in [1.29, 1.82) is 0 Å². The maximum absolute atomic E-state index is 4.58. The molecule has 0 aromatic carbocycles. The summed E-state index contributed by atoms with van der Waals surface area (Å²) in [6, 6.07) is 0. The molecule has 0 aromatic rings. The summed E-state index contributed by atoms with van der Waals surface area (Å²) in [6.45, 7) is 11.4. The van der Waals surface area contributed by atoms with Crippen molar-refractivity contribution in [2.45, 2.75) is 20.3 Å². The Kier molecular flexibility index (Phi) is 6.16. The minimum atomic E-state index is 0.756. The predicted octanol–water partition coefficient (Wildman–Crippen LogP) is 3.55. The summed E-state index contributed by atoms with van der Waals surface area (Å²) < 4.78 is 0. The molecule has 1 heterocycles. The zero-order valence-corrected chi connectivity index (χ0v) is 11.6. The number of hydrogen-bond donors (Lipinski definition) is 2. The van der Waals surface area contributed by atoms with E-state index in [-0.39, 0.29) is 0 Å². The zero-order valence-electron chi connectivity index (χ0n) is 11.6. The van der Waals surface area contributed by atoms with Crippen molar-refractivity contribution in [2.75, 3.05) is 0 Å². The molecular weight excluding hydrogens is 234 g/mol. The van der Waals surface area contributed by atoms with Crippen molar-refractivity contribution < 1.29 is 0 Å². The SMILES string of the molecule is C=C/C=C(\C=C/C)NC1=NC(NC=C)=C(C)C=CC1. The molecule has 100 valence electrons. The van der Waals surface area contributed by atoms with Crippen molar-refractivity contribution in [1.82, 2.24) is 10.6 Å². The lowest BCUT2D eigenvalue weighted by Gasteiger charge is -2.10. The minimum absolute atomic E-state index is 0.756. The predicted molar refractivity (Wildman–Crippen MR) is 83.5 cm³/mol. The second kappa shape index (κ2) is 7.93. The van der Waals surface area contributed by atoms with Crippen LogP contribution in [0, 0.1) is 0 Å². The van der Waals surface area contributed by atoms with E-state index in [1.807, 2.05) is 32.1 Å². The Labute approximate surface area is 115 Å². The third-order valence-electron chi connectivity index (χ3n) is 2.47. The van der Waals surface area contributed by atoms with Gasteiger partial charge in [-0.1, -0.05) is 37.5 Å². The van der Waals surface area contributed by atoms with Gasteiger partial charge in [0.25, 0.3) is 0 Å². The van der Waals surface area contributed by atoms with E-state index in [1.54, 1.807) is 12.3 Å². The Hall–Kier alpha value is -2.29. The Balaban J connectivity index is 2.97. The fourth-order valence-corrected chi connectivity index (χ4v) is 1.63. The second-order valence-corrected chi connectivity index (χ2v) is 4.03. The van der Waals surface area contributed by atoms with Gasteiger partial charge in [-0.3, -0.25) is 0 Å². The van der Waals surface area contributed by atoms with Gasteiger partial charge >= 0.3 is 0 Å². The molecule has 1 rings (SSSR count). The molecule has 0 atom stereocenters. The van der Waals surface area contributed by atoms with Crippen LogP contribution in [-0.4, -0.2) is 5.84 Å². The van der Waals surface area contributed by atoms with E-state index in [0.29, 0.717) is 0 Å². The Bertz CT molecular complexity index is 488. The van der Waals surface area contributed by atoms with Gasteiger partial charge in [-0.25, -0.2) is 4.99 Å². The van der Waals surface area contributed by atoms with Crippen LogP contribution in [0.2, 0.25) is 0 Å². The minimum Gasteiger partial charge on any atom is -0.347 e. The number of amidine groups is 1. The van der Waals surface area contributed by atoms with E-state index < -0.39 is 0 Å². The molecular formula is C16H21N3. The molecule has 2 N–H and O–H groups in total. The van der Waals surface area contributed by atoms with Crippen molar-refractivity contribution in [3.05, 3.63) is 72.9 Å². The standard InChI is InChI=1S/C16H21N3/c1-5-9-14(10-6-2)18-15-12-8-11-13(4)16(19-15)17-7-3/h5-11,17H,1,3,12H2,2,4H3,(H,18,19)/b10-6-,14-9+. The van der Waals surface area contributed by atoms with Gasteiger partial charge < -0.3 is 10.6 Å². The molecule has 0 radical (unpaired) electrons. The summed E-state index contributed by atoms with van der Waals surface area (Å²) in [4.78, 5) is 4.58. The van der Waals surface area contributed by atoms with Crippen LogP contribution in [0.15, 0.2) is 77.9 Å². The molecule has 0 spiro atoms. The molecule has 0 aliphatic carbocycles. The fraction of sp³-hybridized carbons (Fsp3) is 0.188. The van der Waals surface area contributed by atoms with E-state index in [4.69, 9.17) is 0 Å². The van der Waals surface area contributed by atoms with Crippen LogP contribution >= 0.6 is 0 Å². The molecule has 1 aliphatic rings. The Morgan fingerprint density at radius 1 is 1.42 bits per heavy atom. The third kappa shape index (κ3) is 4.84. The summed E-state index contributed by atoms with van der Waals surface area (Å²) in [5, 5.41) is 6.35. The van der Waals surface area contributed by atoms with Crippen LogP contribution in [0.4, 0.5) is 0 Å². The number of rotatable bonds is 5. The van der Waals surface area contributed by atoms with Gasteiger partial charge in [0.1, 0.15) is 11.7 Å². The number of aliphatic imine (C=N–C) groups is 1. The quantitative estimate of drug-likeness (QED) is 0.737. The van der Waals surface area contributed by atoms with Crippen LogP contribution in [0.25, 0.3) is 0 Å². The number of nitrogens with one attached hydrogen (secondary N) is 2. The summed E-state index contributed by atoms with van der Waals surface area (Å²) in [7, 11) is 0. The van der Waals surface area contributed by atoms with E-state index in [0.717, 1.165) is 29.3 Å². The van der Waals surface area contributed by atoms with Crippen molar-refractivity contribution >= 4 is 5.84 Å². The molecule has 0 unspecified atom stereocenters. The normalized spacial score (nSPS) is 16.1. The summed E-state index contributed by atoms with van der Waals surface area (Å²) in [5.41, 5.74) is 2.04. The first-order chi connectivity index (χ1) is 9.21. The van der Waals surface area contributed by atoms with Gasteiger partial charge in [0.05, 0.1) is 0 Å². The van der Waals surface area contributed by atoms with Gasteiger partial charge in [-0.2, -0.15) is 0 Å². The lowest BCUT2D eigenvalue weighted by molar-refractivity contribution is 0.988. The average Bonchev–Trinajstić information content (AvgIpc) is 2.54. The lowest BCUT2D eigenvalue weighted by Crippen LogP contribution is -2.22. The van der Waals surface area contributed by atoms with Crippen molar-refractivity contribution in [2.24, 2.45) is 4.99 Å². The highest BCUT2D eigenvalue weighted by atomic mass is 15.1. The zero-order chi connectivity index (χ0) is 14.1. The largest absolute Gasteiger partial charge is 0.347 e. The fourth-order valence-electron chi connectivity index (χ4n) is 1.63. The van der Waals surface area contributed by atoms with Crippen LogP contribution in [-0.2, 0) is 0 Å². The van der Waals surface area contributed by atoms with E-state index in [2.05, 4.69) is 40.9 Å². The first-order valence-electron chi connectivity index (χ1n) is 6.26. The van der Waals surface area contributed by atoms with Crippen LogP contribution < -0.4 is 10.6 Å². The maximum Gasteiger partial charge on any atom is 0.134 e. The molecule has 1 aliphatic heterocycles. The molecule has 0 amide bonds. The molecule has 0 fully saturated rings. The van der Waals surface area contributed by atoms with Gasteiger partial charge in [-0.15, -0.1) is 0 Å². The van der Waals surface area contributed by atoms with E-state index >= 15 is 0 Å².